The molecule has 0 atom stereocenters. The summed E-state index contributed by atoms with van der Waals surface area (Å²) in [5.74, 6) is -0.363. The summed E-state index contributed by atoms with van der Waals surface area (Å²) in [4.78, 5) is 11.4. The predicted octanol–water partition coefficient (Wildman–Crippen LogP) is 2.67. The van der Waals surface area contributed by atoms with E-state index in [1.165, 1.54) is 7.11 Å². The summed E-state index contributed by atoms with van der Waals surface area (Å²) in [7, 11) is 1.36. The van der Waals surface area contributed by atoms with Crippen molar-refractivity contribution in [2.75, 3.05) is 31.3 Å². The van der Waals surface area contributed by atoms with E-state index in [1.807, 2.05) is 13.8 Å². The van der Waals surface area contributed by atoms with Crippen molar-refractivity contribution in [1.82, 2.24) is 0 Å². The Bertz CT molecular complexity index is 433. The Morgan fingerprint density at radius 3 is 2.75 bits per heavy atom. The Morgan fingerprint density at radius 2 is 2.10 bits per heavy atom. The highest BCUT2D eigenvalue weighted by Crippen LogP contribution is 2.20. The molecule has 112 valence electrons. The lowest BCUT2D eigenvalue weighted by Gasteiger charge is -2.11. The first-order chi connectivity index (χ1) is 9.54. The Hall–Kier alpha value is -1.75. The van der Waals surface area contributed by atoms with Crippen molar-refractivity contribution in [1.29, 1.82) is 0 Å². The van der Waals surface area contributed by atoms with Crippen LogP contribution in [0.1, 0.15) is 37.0 Å². The average molecular weight is 280 g/mol. The number of rotatable bonds is 8. The first-order valence-electron chi connectivity index (χ1n) is 6.88. The number of hydrogen-bond donors (Lipinski definition) is 2. The van der Waals surface area contributed by atoms with Crippen LogP contribution < -0.4 is 11.1 Å². The van der Waals surface area contributed by atoms with Crippen molar-refractivity contribution in [3.8, 4) is 0 Å². The molecule has 3 N–H and O–H groups in total. The number of unbranched alkanes of at least 4 members (excludes halogenated alkanes) is 1. The summed E-state index contributed by atoms with van der Waals surface area (Å²) in [5.41, 5.74) is 7.75. The van der Waals surface area contributed by atoms with Crippen molar-refractivity contribution in [2.24, 2.45) is 0 Å². The zero-order valence-corrected chi connectivity index (χ0v) is 12.4. The van der Waals surface area contributed by atoms with Crippen LogP contribution in [0.25, 0.3) is 0 Å². The SMILES string of the molecule is COC(=O)c1ccc(N)c(NCCCCOC(C)C)c1. The number of esters is 1. The smallest absolute Gasteiger partial charge is 0.337 e. The third-order valence-electron chi connectivity index (χ3n) is 2.81. The van der Waals surface area contributed by atoms with Crippen LogP contribution in [0.5, 0.6) is 0 Å². The average Bonchev–Trinajstić information content (AvgIpc) is 2.43. The zero-order valence-electron chi connectivity index (χ0n) is 12.4. The molecule has 0 aliphatic heterocycles. The molecule has 0 aromatic heterocycles. The fourth-order valence-corrected chi connectivity index (χ4v) is 1.72. The number of anilines is 2. The van der Waals surface area contributed by atoms with Crippen LogP contribution in [-0.2, 0) is 9.47 Å². The summed E-state index contributed by atoms with van der Waals surface area (Å²) in [6.45, 7) is 5.60. The lowest BCUT2D eigenvalue weighted by molar-refractivity contribution is 0.0600. The van der Waals surface area contributed by atoms with E-state index in [2.05, 4.69) is 10.1 Å². The molecule has 5 heteroatoms. The van der Waals surface area contributed by atoms with Crippen LogP contribution in [0, 0.1) is 0 Å². The summed E-state index contributed by atoms with van der Waals surface area (Å²) in [6, 6.07) is 5.07. The minimum atomic E-state index is -0.363. The van der Waals surface area contributed by atoms with E-state index in [0.717, 1.165) is 31.7 Å². The van der Waals surface area contributed by atoms with Gasteiger partial charge in [-0.3, -0.25) is 0 Å². The van der Waals surface area contributed by atoms with Crippen LogP contribution in [-0.4, -0.2) is 32.3 Å². The van der Waals surface area contributed by atoms with Gasteiger partial charge >= 0.3 is 5.97 Å². The minimum Gasteiger partial charge on any atom is -0.465 e. The minimum absolute atomic E-state index is 0.273. The van der Waals surface area contributed by atoms with Crippen LogP contribution in [0.4, 0.5) is 11.4 Å². The van der Waals surface area contributed by atoms with E-state index in [1.54, 1.807) is 18.2 Å². The quantitative estimate of drug-likeness (QED) is 0.435. The molecule has 5 nitrogen and oxygen atoms in total. The molecule has 0 fully saturated rings. The third kappa shape index (κ3) is 5.48. The van der Waals surface area contributed by atoms with E-state index in [4.69, 9.17) is 10.5 Å². The Balaban J connectivity index is 2.41. The Morgan fingerprint density at radius 1 is 1.35 bits per heavy atom. The van der Waals surface area contributed by atoms with Gasteiger partial charge in [-0.2, -0.15) is 0 Å². The van der Waals surface area contributed by atoms with E-state index in [-0.39, 0.29) is 12.1 Å². The van der Waals surface area contributed by atoms with Gasteiger partial charge in [0.15, 0.2) is 0 Å². The maximum absolute atomic E-state index is 11.4. The van der Waals surface area contributed by atoms with Gasteiger partial charge in [0.1, 0.15) is 0 Å². The summed E-state index contributed by atoms with van der Waals surface area (Å²) in [5, 5.41) is 3.23. The Labute approximate surface area is 120 Å². The standard InChI is InChI=1S/C15H24N2O3/c1-11(2)20-9-5-4-8-17-14-10-12(15(18)19-3)6-7-13(14)16/h6-7,10-11,17H,4-5,8-9,16H2,1-3H3. The van der Waals surface area contributed by atoms with E-state index >= 15 is 0 Å². The molecule has 0 aliphatic rings. The van der Waals surface area contributed by atoms with Crippen molar-refractivity contribution in [2.45, 2.75) is 32.8 Å². The van der Waals surface area contributed by atoms with Gasteiger partial charge in [-0.05, 0) is 44.9 Å². The highest BCUT2D eigenvalue weighted by Gasteiger charge is 2.08. The van der Waals surface area contributed by atoms with Gasteiger partial charge in [0, 0.05) is 13.2 Å². The van der Waals surface area contributed by atoms with Crippen LogP contribution in [0.2, 0.25) is 0 Å². The summed E-state index contributed by atoms with van der Waals surface area (Å²) >= 11 is 0. The monoisotopic (exact) mass is 280 g/mol. The van der Waals surface area contributed by atoms with E-state index < -0.39 is 0 Å². The van der Waals surface area contributed by atoms with Crippen LogP contribution in [0.15, 0.2) is 18.2 Å². The van der Waals surface area contributed by atoms with Crippen molar-refractivity contribution in [3.63, 3.8) is 0 Å². The van der Waals surface area contributed by atoms with Gasteiger partial charge in [0.2, 0.25) is 0 Å². The molecule has 1 aromatic rings. The molecule has 0 unspecified atom stereocenters. The van der Waals surface area contributed by atoms with Crippen molar-refractivity contribution in [3.05, 3.63) is 23.8 Å². The second-order valence-corrected chi connectivity index (χ2v) is 4.85. The van der Waals surface area contributed by atoms with Gasteiger partial charge in [-0.25, -0.2) is 4.79 Å². The van der Waals surface area contributed by atoms with Gasteiger partial charge in [0.25, 0.3) is 0 Å². The number of hydrogen-bond acceptors (Lipinski definition) is 5. The van der Waals surface area contributed by atoms with Crippen molar-refractivity contribution >= 4 is 17.3 Å². The summed E-state index contributed by atoms with van der Waals surface area (Å²) < 4.78 is 10.2. The topological polar surface area (TPSA) is 73.6 Å². The molecule has 0 aliphatic carbocycles. The Kier molecular flexibility index (Phi) is 6.87. The first kappa shape index (κ1) is 16.3. The number of ether oxygens (including phenoxy) is 2. The first-order valence-corrected chi connectivity index (χ1v) is 6.88. The molecule has 20 heavy (non-hydrogen) atoms. The van der Waals surface area contributed by atoms with Crippen LogP contribution >= 0.6 is 0 Å². The second-order valence-electron chi connectivity index (χ2n) is 4.85. The van der Waals surface area contributed by atoms with Gasteiger partial charge < -0.3 is 20.5 Å². The number of carbonyl (C=O) groups excluding carboxylic acids is 1. The highest BCUT2D eigenvalue weighted by atomic mass is 16.5. The summed E-state index contributed by atoms with van der Waals surface area (Å²) in [6.07, 6.45) is 2.24. The number of nitrogens with one attached hydrogen (secondary N) is 1. The molecule has 0 radical (unpaired) electrons. The molecule has 0 heterocycles. The van der Waals surface area contributed by atoms with E-state index in [0.29, 0.717) is 11.3 Å². The molecule has 1 aromatic carbocycles. The molecule has 0 bridgehead atoms. The number of benzene rings is 1. The third-order valence-corrected chi connectivity index (χ3v) is 2.81. The second kappa shape index (κ2) is 8.43. The fourth-order valence-electron chi connectivity index (χ4n) is 1.72. The zero-order chi connectivity index (χ0) is 15.0. The largest absolute Gasteiger partial charge is 0.465 e. The molecular formula is C15H24N2O3. The number of nitrogens with two attached hydrogens (primary N) is 1. The lowest BCUT2D eigenvalue weighted by Crippen LogP contribution is -2.09. The molecule has 0 spiro atoms. The van der Waals surface area contributed by atoms with Gasteiger partial charge in [0.05, 0.1) is 30.2 Å². The van der Waals surface area contributed by atoms with Crippen molar-refractivity contribution < 1.29 is 14.3 Å². The fraction of sp³-hybridized carbons (Fsp3) is 0.533. The highest BCUT2D eigenvalue weighted by molar-refractivity contribution is 5.91. The molecular weight excluding hydrogens is 256 g/mol. The van der Waals surface area contributed by atoms with Gasteiger partial charge in [-0.1, -0.05) is 0 Å². The molecule has 0 saturated carbocycles. The lowest BCUT2D eigenvalue weighted by atomic mass is 10.1. The predicted molar refractivity (Wildman–Crippen MR) is 81.0 cm³/mol. The molecule has 0 amide bonds. The number of nitrogen functional groups attached to an aromatic ring is 1. The molecule has 0 saturated heterocycles. The van der Waals surface area contributed by atoms with E-state index in [9.17, 15) is 4.79 Å². The van der Waals surface area contributed by atoms with Crippen LogP contribution in [0.3, 0.4) is 0 Å². The molecule has 1 rings (SSSR count). The number of methoxy groups -OCH3 is 1. The maximum atomic E-state index is 11.4. The maximum Gasteiger partial charge on any atom is 0.337 e. The van der Waals surface area contributed by atoms with Gasteiger partial charge in [-0.15, -0.1) is 0 Å². The normalized spacial score (nSPS) is 10.6. The number of carbonyl (C=O) groups is 1.